The summed E-state index contributed by atoms with van der Waals surface area (Å²) < 4.78 is 5.80. The Balaban J connectivity index is 1.58. The third-order valence-electron chi connectivity index (χ3n) is 5.09. The van der Waals surface area contributed by atoms with Gasteiger partial charge in [-0.05, 0) is 18.9 Å². The van der Waals surface area contributed by atoms with Gasteiger partial charge in [0.2, 0.25) is 0 Å². The van der Waals surface area contributed by atoms with Crippen LogP contribution in [0.4, 0.5) is 0 Å². The zero-order valence-electron chi connectivity index (χ0n) is 12.6. The van der Waals surface area contributed by atoms with Crippen molar-refractivity contribution in [2.24, 2.45) is 11.3 Å². The Kier molecular flexibility index (Phi) is 3.61. The standard InChI is InChI=1S/C17H25NO2/c1-11-4-6-12(7-5-11)14(19)10-18-15-13-8-9-20-16(13)17(15,2)3/h4-7,13-16,18-19H,8-10H2,1-3H3/t13-,14-,15-,16+/m1/s1. The summed E-state index contributed by atoms with van der Waals surface area (Å²) in [4.78, 5) is 0. The molecule has 1 aromatic carbocycles. The number of aliphatic hydroxyl groups is 1. The van der Waals surface area contributed by atoms with E-state index in [2.05, 4.69) is 26.1 Å². The summed E-state index contributed by atoms with van der Waals surface area (Å²) in [5.74, 6) is 0.621. The van der Waals surface area contributed by atoms with Gasteiger partial charge in [-0.1, -0.05) is 43.7 Å². The third kappa shape index (κ3) is 2.28. The average molecular weight is 275 g/mol. The van der Waals surface area contributed by atoms with Gasteiger partial charge in [-0.15, -0.1) is 0 Å². The molecule has 0 aromatic heterocycles. The SMILES string of the molecule is Cc1ccc([C@H](O)CN[C@@H]2[C@H]3CCO[C@@H]3C2(C)C)cc1. The molecule has 1 saturated carbocycles. The zero-order chi connectivity index (χ0) is 14.3. The second kappa shape index (κ2) is 5.14. The molecular weight excluding hydrogens is 250 g/mol. The Labute approximate surface area is 121 Å². The molecule has 1 saturated heterocycles. The molecule has 0 spiro atoms. The van der Waals surface area contributed by atoms with E-state index in [1.807, 2.05) is 24.3 Å². The Morgan fingerprint density at radius 2 is 2.05 bits per heavy atom. The van der Waals surface area contributed by atoms with Crippen LogP contribution in [0.15, 0.2) is 24.3 Å². The number of hydrogen-bond acceptors (Lipinski definition) is 3. The van der Waals surface area contributed by atoms with Crippen LogP contribution in [0.3, 0.4) is 0 Å². The normalized spacial score (nSPS) is 32.5. The highest BCUT2D eigenvalue weighted by atomic mass is 16.5. The second-order valence-corrected chi connectivity index (χ2v) is 6.88. The van der Waals surface area contributed by atoms with E-state index in [0.717, 1.165) is 18.6 Å². The van der Waals surface area contributed by atoms with Crippen molar-refractivity contribution in [3.8, 4) is 0 Å². The molecule has 0 amide bonds. The molecular formula is C17H25NO2. The molecule has 2 fully saturated rings. The molecule has 2 N–H and O–H groups in total. The van der Waals surface area contributed by atoms with Crippen LogP contribution < -0.4 is 5.32 Å². The first-order valence-electron chi connectivity index (χ1n) is 7.60. The van der Waals surface area contributed by atoms with E-state index in [1.54, 1.807) is 0 Å². The Bertz CT molecular complexity index is 468. The van der Waals surface area contributed by atoms with Gasteiger partial charge in [0, 0.05) is 30.5 Å². The van der Waals surface area contributed by atoms with Crippen LogP contribution in [0.2, 0.25) is 0 Å². The molecule has 1 aromatic rings. The lowest BCUT2D eigenvalue weighted by Gasteiger charge is -2.55. The van der Waals surface area contributed by atoms with Crippen molar-refractivity contribution in [2.45, 2.75) is 45.4 Å². The van der Waals surface area contributed by atoms with E-state index >= 15 is 0 Å². The first-order valence-corrected chi connectivity index (χ1v) is 7.60. The molecule has 3 rings (SSSR count). The minimum atomic E-state index is -0.437. The number of ether oxygens (including phenoxy) is 1. The number of benzene rings is 1. The molecule has 2 aliphatic rings. The summed E-state index contributed by atoms with van der Waals surface area (Å²) in [6.07, 6.45) is 1.11. The van der Waals surface area contributed by atoms with Gasteiger partial charge in [0.1, 0.15) is 0 Å². The van der Waals surface area contributed by atoms with Gasteiger partial charge in [0.05, 0.1) is 12.2 Å². The van der Waals surface area contributed by atoms with Gasteiger partial charge in [0.25, 0.3) is 0 Å². The molecule has 3 nitrogen and oxygen atoms in total. The Morgan fingerprint density at radius 1 is 1.35 bits per heavy atom. The van der Waals surface area contributed by atoms with E-state index in [-0.39, 0.29) is 5.41 Å². The number of aryl methyl sites for hydroxylation is 1. The van der Waals surface area contributed by atoms with Gasteiger partial charge in [-0.25, -0.2) is 0 Å². The predicted molar refractivity (Wildman–Crippen MR) is 79.6 cm³/mol. The van der Waals surface area contributed by atoms with Crippen LogP contribution >= 0.6 is 0 Å². The maximum Gasteiger partial charge on any atom is 0.0914 e. The van der Waals surface area contributed by atoms with Gasteiger partial charge in [-0.2, -0.15) is 0 Å². The van der Waals surface area contributed by atoms with Crippen LogP contribution in [0, 0.1) is 18.3 Å². The second-order valence-electron chi connectivity index (χ2n) is 6.88. The summed E-state index contributed by atoms with van der Waals surface area (Å²) >= 11 is 0. The summed E-state index contributed by atoms with van der Waals surface area (Å²) in [5, 5.41) is 13.9. The van der Waals surface area contributed by atoms with Crippen LogP contribution in [0.25, 0.3) is 0 Å². The lowest BCUT2D eigenvalue weighted by atomic mass is 9.57. The maximum absolute atomic E-state index is 10.3. The quantitative estimate of drug-likeness (QED) is 0.887. The van der Waals surface area contributed by atoms with Crippen LogP contribution in [0.1, 0.15) is 37.5 Å². The molecule has 1 aliphatic carbocycles. The van der Waals surface area contributed by atoms with Crippen LogP contribution in [-0.2, 0) is 4.74 Å². The van der Waals surface area contributed by atoms with Gasteiger partial charge in [-0.3, -0.25) is 0 Å². The highest BCUT2D eigenvalue weighted by molar-refractivity contribution is 5.23. The first kappa shape index (κ1) is 14.1. The molecule has 110 valence electrons. The first-order chi connectivity index (χ1) is 9.50. The van der Waals surface area contributed by atoms with Crippen molar-refractivity contribution in [1.82, 2.24) is 5.32 Å². The topological polar surface area (TPSA) is 41.5 Å². The number of aliphatic hydroxyl groups excluding tert-OH is 1. The highest BCUT2D eigenvalue weighted by Gasteiger charge is 2.58. The fourth-order valence-corrected chi connectivity index (χ4v) is 3.88. The van der Waals surface area contributed by atoms with Gasteiger partial charge in [0.15, 0.2) is 0 Å². The zero-order valence-corrected chi connectivity index (χ0v) is 12.6. The van der Waals surface area contributed by atoms with Gasteiger partial charge >= 0.3 is 0 Å². The number of fused-ring (bicyclic) bond motifs is 1. The molecule has 1 heterocycles. The summed E-state index contributed by atoms with van der Waals surface area (Å²) in [5.41, 5.74) is 2.38. The van der Waals surface area contributed by atoms with Gasteiger partial charge < -0.3 is 15.2 Å². The number of hydrogen-bond donors (Lipinski definition) is 2. The molecule has 20 heavy (non-hydrogen) atoms. The number of rotatable bonds is 4. The lowest BCUT2D eigenvalue weighted by molar-refractivity contribution is -0.114. The number of nitrogens with one attached hydrogen (secondary N) is 1. The molecule has 0 radical (unpaired) electrons. The summed E-state index contributed by atoms with van der Waals surface area (Å²) in [6, 6.07) is 8.57. The van der Waals surface area contributed by atoms with E-state index in [4.69, 9.17) is 4.74 Å². The van der Waals surface area contributed by atoms with E-state index in [9.17, 15) is 5.11 Å². The predicted octanol–water partition coefficient (Wildman–Crippen LogP) is 2.43. The Morgan fingerprint density at radius 3 is 2.75 bits per heavy atom. The molecule has 3 heteroatoms. The molecule has 1 aliphatic heterocycles. The smallest absolute Gasteiger partial charge is 0.0914 e. The Hall–Kier alpha value is -0.900. The molecule has 4 atom stereocenters. The van der Waals surface area contributed by atoms with E-state index in [0.29, 0.717) is 24.6 Å². The molecule has 0 unspecified atom stereocenters. The van der Waals surface area contributed by atoms with Crippen molar-refractivity contribution < 1.29 is 9.84 Å². The van der Waals surface area contributed by atoms with Crippen molar-refractivity contribution in [1.29, 1.82) is 0 Å². The summed E-state index contributed by atoms with van der Waals surface area (Å²) in [7, 11) is 0. The minimum Gasteiger partial charge on any atom is -0.387 e. The van der Waals surface area contributed by atoms with Crippen molar-refractivity contribution in [3.05, 3.63) is 35.4 Å². The molecule has 0 bridgehead atoms. The van der Waals surface area contributed by atoms with Crippen molar-refractivity contribution in [3.63, 3.8) is 0 Å². The fourth-order valence-electron chi connectivity index (χ4n) is 3.88. The van der Waals surface area contributed by atoms with Crippen LogP contribution in [-0.4, -0.2) is 30.4 Å². The van der Waals surface area contributed by atoms with E-state index < -0.39 is 6.10 Å². The van der Waals surface area contributed by atoms with Crippen molar-refractivity contribution >= 4 is 0 Å². The van der Waals surface area contributed by atoms with E-state index in [1.165, 1.54) is 5.56 Å². The minimum absolute atomic E-state index is 0.175. The monoisotopic (exact) mass is 275 g/mol. The van der Waals surface area contributed by atoms with Crippen molar-refractivity contribution in [2.75, 3.05) is 13.2 Å². The average Bonchev–Trinajstić information content (AvgIpc) is 2.86. The van der Waals surface area contributed by atoms with Crippen LogP contribution in [0.5, 0.6) is 0 Å². The largest absolute Gasteiger partial charge is 0.387 e. The lowest BCUT2D eigenvalue weighted by Crippen LogP contribution is -2.66. The summed E-state index contributed by atoms with van der Waals surface area (Å²) in [6.45, 7) is 8.08. The highest BCUT2D eigenvalue weighted by Crippen LogP contribution is 2.52. The fraction of sp³-hybridized carbons (Fsp3) is 0.647. The maximum atomic E-state index is 10.3. The third-order valence-corrected chi connectivity index (χ3v) is 5.09.